The van der Waals surface area contributed by atoms with Crippen molar-refractivity contribution in [1.82, 2.24) is 40.1 Å². The quantitative estimate of drug-likeness (QED) is 0.331. The SMILES string of the molecule is CC(C)C(=O)Nc1cncc(-c2cnc3[nH]nc(-c4nc5c(-c6ccccn6)nccc5[nH]4)c3c2)c1. The summed E-state index contributed by atoms with van der Waals surface area (Å²) >= 11 is 0. The second-order valence-corrected chi connectivity index (χ2v) is 8.65. The van der Waals surface area contributed by atoms with Gasteiger partial charge < -0.3 is 10.3 Å². The summed E-state index contributed by atoms with van der Waals surface area (Å²) < 4.78 is 0. The van der Waals surface area contributed by atoms with Gasteiger partial charge in [0.15, 0.2) is 11.5 Å². The monoisotopic (exact) mass is 475 g/mol. The number of fused-ring (bicyclic) bond motifs is 2. The van der Waals surface area contributed by atoms with Gasteiger partial charge in [0, 0.05) is 41.8 Å². The largest absolute Gasteiger partial charge is 0.336 e. The summed E-state index contributed by atoms with van der Waals surface area (Å²) in [6.45, 7) is 3.69. The maximum absolute atomic E-state index is 12.1. The second kappa shape index (κ2) is 8.66. The number of anilines is 1. The van der Waals surface area contributed by atoms with Crippen LogP contribution < -0.4 is 5.32 Å². The Morgan fingerprint density at radius 1 is 0.944 bits per heavy atom. The molecule has 0 aliphatic heterocycles. The van der Waals surface area contributed by atoms with Crippen molar-refractivity contribution < 1.29 is 4.79 Å². The number of amides is 1. The Labute approximate surface area is 205 Å². The summed E-state index contributed by atoms with van der Waals surface area (Å²) in [6.07, 6.45) is 8.57. The molecule has 0 spiro atoms. The molecule has 0 atom stereocenters. The molecule has 0 bridgehead atoms. The Morgan fingerprint density at radius 2 is 1.83 bits per heavy atom. The fourth-order valence-corrected chi connectivity index (χ4v) is 3.93. The van der Waals surface area contributed by atoms with Crippen LogP contribution >= 0.6 is 0 Å². The zero-order valence-electron chi connectivity index (χ0n) is 19.5. The first kappa shape index (κ1) is 21.5. The normalized spacial score (nSPS) is 11.4. The van der Waals surface area contributed by atoms with Crippen molar-refractivity contribution >= 4 is 33.7 Å². The zero-order valence-corrected chi connectivity index (χ0v) is 19.5. The predicted octanol–water partition coefficient (Wildman–Crippen LogP) is 4.61. The van der Waals surface area contributed by atoms with E-state index >= 15 is 0 Å². The van der Waals surface area contributed by atoms with E-state index in [0.29, 0.717) is 34.1 Å². The van der Waals surface area contributed by atoms with Crippen LogP contribution in [0.5, 0.6) is 0 Å². The molecule has 0 radical (unpaired) electrons. The molecular weight excluding hydrogens is 454 g/mol. The second-order valence-electron chi connectivity index (χ2n) is 8.65. The number of carbonyl (C=O) groups is 1. The van der Waals surface area contributed by atoms with E-state index in [4.69, 9.17) is 4.98 Å². The average molecular weight is 476 g/mol. The molecule has 36 heavy (non-hydrogen) atoms. The molecule has 0 saturated heterocycles. The van der Waals surface area contributed by atoms with Crippen molar-refractivity contribution in [1.29, 1.82) is 0 Å². The number of H-pyrrole nitrogens is 2. The molecule has 0 aliphatic carbocycles. The van der Waals surface area contributed by atoms with Crippen molar-refractivity contribution in [3.05, 3.63) is 67.4 Å². The van der Waals surface area contributed by atoms with Crippen LogP contribution in [0.2, 0.25) is 0 Å². The van der Waals surface area contributed by atoms with Crippen LogP contribution in [0.1, 0.15) is 13.8 Å². The van der Waals surface area contributed by atoms with Gasteiger partial charge in [-0.15, -0.1) is 0 Å². The molecule has 6 aromatic rings. The first-order valence-electron chi connectivity index (χ1n) is 11.4. The number of imidazole rings is 1. The van der Waals surface area contributed by atoms with E-state index in [1.165, 1.54) is 0 Å². The Kier molecular flexibility index (Phi) is 5.18. The van der Waals surface area contributed by atoms with Gasteiger partial charge in [0.2, 0.25) is 5.91 Å². The number of hydrogen-bond acceptors (Lipinski definition) is 7. The maximum atomic E-state index is 12.1. The number of aromatic nitrogens is 8. The van der Waals surface area contributed by atoms with Crippen LogP contribution in [0.15, 0.2) is 67.4 Å². The molecule has 10 nitrogen and oxygen atoms in total. The predicted molar refractivity (Wildman–Crippen MR) is 137 cm³/mol. The van der Waals surface area contributed by atoms with Gasteiger partial charge in [0.1, 0.15) is 16.9 Å². The van der Waals surface area contributed by atoms with E-state index in [1.54, 1.807) is 31.0 Å². The van der Waals surface area contributed by atoms with Gasteiger partial charge in [0.25, 0.3) is 0 Å². The molecule has 10 heteroatoms. The number of rotatable bonds is 5. The van der Waals surface area contributed by atoms with Crippen LogP contribution in [0.3, 0.4) is 0 Å². The standard InChI is InChI=1S/C26H21N9O/c1-14(2)26(36)31-17-9-15(11-27-13-17)16-10-18-21(34-35-24(18)30-12-16)25-32-20-6-8-29-22(23(20)33-25)19-5-3-4-7-28-19/h3-14H,1-2H3,(H,31,36)(H,32,33)(H,30,34,35). The lowest BCUT2D eigenvalue weighted by Gasteiger charge is -2.09. The first-order valence-corrected chi connectivity index (χ1v) is 11.4. The molecule has 6 rings (SSSR count). The number of nitrogens with one attached hydrogen (secondary N) is 3. The van der Waals surface area contributed by atoms with E-state index in [0.717, 1.165) is 27.7 Å². The van der Waals surface area contributed by atoms with Crippen LogP contribution in [0.4, 0.5) is 5.69 Å². The summed E-state index contributed by atoms with van der Waals surface area (Å²) in [6, 6.07) is 11.4. The summed E-state index contributed by atoms with van der Waals surface area (Å²) in [5.74, 6) is 0.401. The van der Waals surface area contributed by atoms with Crippen molar-refractivity contribution in [3.63, 3.8) is 0 Å². The van der Waals surface area contributed by atoms with Gasteiger partial charge in [-0.25, -0.2) is 9.97 Å². The molecule has 6 aromatic heterocycles. The van der Waals surface area contributed by atoms with E-state index in [-0.39, 0.29) is 11.8 Å². The van der Waals surface area contributed by atoms with Crippen molar-refractivity contribution in [2.45, 2.75) is 13.8 Å². The summed E-state index contributed by atoms with van der Waals surface area (Å²) in [7, 11) is 0. The molecule has 3 N–H and O–H groups in total. The third-order valence-electron chi connectivity index (χ3n) is 5.81. The van der Waals surface area contributed by atoms with Crippen molar-refractivity contribution in [2.24, 2.45) is 5.92 Å². The van der Waals surface area contributed by atoms with Gasteiger partial charge in [-0.1, -0.05) is 19.9 Å². The number of aromatic amines is 2. The van der Waals surface area contributed by atoms with Gasteiger partial charge in [-0.05, 0) is 30.3 Å². The van der Waals surface area contributed by atoms with Gasteiger partial charge >= 0.3 is 0 Å². The van der Waals surface area contributed by atoms with Crippen LogP contribution in [0, 0.1) is 5.92 Å². The van der Waals surface area contributed by atoms with Gasteiger partial charge in [0.05, 0.1) is 28.5 Å². The molecular formula is C26H21N9O. The van der Waals surface area contributed by atoms with Crippen LogP contribution in [-0.2, 0) is 4.79 Å². The highest BCUT2D eigenvalue weighted by Gasteiger charge is 2.17. The minimum Gasteiger partial charge on any atom is -0.336 e. The van der Waals surface area contributed by atoms with E-state index in [1.807, 2.05) is 50.2 Å². The van der Waals surface area contributed by atoms with Gasteiger partial charge in [-0.3, -0.25) is 24.8 Å². The first-order chi connectivity index (χ1) is 17.6. The average Bonchev–Trinajstić information content (AvgIpc) is 3.53. The Hall–Kier alpha value is -4.99. The third kappa shape index (κ3) is 3.84. The molecule has 6 heterocycles. The summed E-state index contributed by atoms with van der Waals surface area (Å²) in [5.41, 5.74) is 6.55. The lowest BCUT2D eigenvalue weighted by molar-refractivity contribution is -0.118. The Morgan fingerprint density at radius 3 is 2.67 bits per heavy atom. The fraction of sp³-hybridized carbons (Fsp3) is 0.115. The molecule has 0 aromatic carbocycles. The number of pyridine rings is 4. The summed E-state index contributed by atoms with van der Waals surface area (Å²) in [4.78, 5) is 38.0. The number of nitrogens with zero attached hydrogens (tertiary/aromatic N) is 6. The van der Waals surface area contributed by atoms with E-state index in [9.17, 15) is 4.79 Å². The maximum Gasteiger partial charge on any atom is 0.226 e. The smallest absolute Gasteiger partial charge is 0.226 e. The molecule has 0 aliphatic rings. The minimum absolute atomic E-state index is 0.0657. The molecule has 0 saturated carbocycles. The Bertz CT molecular complexity index is 1720. The molecule has 1 amide bonds. The van der Waals surface area contributed by atoms with Crippen LogP contribution in [-0.4, -0.2) is 46.0 Å². The molecule has 176 valence electrons. The zero-order chi connectivity index (χ0) is 24.6. The van der Waals surface area contributed by atoms with Gasteiger partial charge in [-0.2, -0.15) is 5.10 Å². The highest BCUT2D eigenvalue weighted by molar-refractivity contribution is 5.96. The van der Waals surface area contributed by atoms with Crippen molar-refractivity contribution in [3.8, 4) is 34.0 Å². The Balaban J connectivity index is 1.41. The lowest BCUT2D eigenvalue weighted by Crippen LogP contribution is -2.17. The third-order valence-corrected chi connectivity index (χ3v) is 5.81. The molecule has 0 fully saturated rings. The van der Waals surface area contributed by atoms with Crippen LogP contribution in [0.25, 0.3) is 56.1 Å². The molecule has 0 unspecified atom stereocenters. The summed E-state index contributed by atoms with van der Waals surface area (Å²) in [5, 5.41) is 11.2. The highest BCUT2D eigenvalue weighted by Crippen LogP contribution is 2.31. The number of carbonyl (C=O) groups excluding carboxylic acids is 1. The number of hydrogen-bond donors (Lipinski definition) is 3. The van der Waals surface area contributed by atoms with E-state index in [2.05, 4.69) is 40.4 Å². The lowest BCUT2D eigenvalue weighted by atomic mass is 10.1. The fourth-order valence-electron chi connectivity index (χ4n) is 3.93. The minimum atomic E-state index is -0.127. The highest BCUT2D eigenvalue weighted by atomic mass is 16.1. The van der Waals surface area contributed by atoms with Crippen molar-refractivity contribution in [2.75, 3.05) is 5.32 Å². The topological polar surface area (TPSA) is 138 Å². The van der Waals surface area contributed by atoms with E-state index < -0.39 is 0 Å².